The maximum atomic E-state index is 13.0. The average Bonchev–Trinajstić information content (AvgIpc) is 3.20. The molecule has 2 fully saturated rings. The van der Waals surface area contributed by atoms with Gasteiger partial charge in [0.2, 0.25) is 10.0 Å². The van der Waals surface area contributed by atoms with Gasteiger partial charge in [-0.1, -0.05) is 0 Å². The van der Waals surface area contributed by atoms with E-state index in [0.29, 0.717) is 6.42 Å². The molecule has 1 aromatic carbocycles. The second-order valence-corrected chi connectivity index (χ2v) is 8.40. The largest absolute Gasteiger partial charge is 0.496 e. The van der Waals surface area contributed by atoms with Crippen molar-refractivity contribution in [2.45, 2.75) is 36.2 Å². The first-order valence-corrected chi connectivity index (χ1v) is 9.62. The summed E-state index contributed by atoms with van der Waals surface area (Å²) in [5.74, 6) is -1.64. The van der Waals surface area contributed by atoms with Crippen molar-refractivity contribution >= 4 is 27.9 Å². The zero-order valence-electron chi connectivity index (χ0n) is 14.7. The molecule has 2 aliphatic heterocycles. The Morgan fingerprint density at radius 3 is 2.63 bits per heavy atom. The van der Waals surface area contributed by atoms with Crippen molar-refractivity contribution in [3.8, 4) is 5.75 Å². The third-order valence-corrected chi connectivity index (χ3v) is 6.75. The lowest BCUT2D eigenvalue weighted by atomic mass is 9.91. The first-order chi connectivity index (χ1) is 12.6. The fourth-order valence-electron chi connectivity index (χ4n) is 3.38. The quantitative estimate of drug-likeness (QED) is 0.593. The van der Waals surface area contributed by atoms with Crippen molar-refractivity contribution in [1.82, 2.24) is 14.9 Å². The van der Waals surface area contributed by atoms with Crippen LogP contribution in [0.5, 0.6) is 5.75 Å². The molecule has 0 aliphatic carbocycles. The summed E-state index contributed by atoms with van der Waals surface area (Å²) < 4.78 is 32.2. The molecule has 2 unspecified atom stereocenters. The van der Waals surface area contributed by atoms with Gasteiger partial charge in [-0.15, -0.1) is 0 Å². The van der Waals surface area contributed by atoms with Gasteiger partial charge in [0, 0.05) is 12.1 Å². The highest BCUT2D eigenvalue weighted by atomic mass is 32.2. The Balaban J connectivity index is 2.09. The van der Waals surface area contributed by atoms with Crippen molar-refractivity contribution in [1.29, 1.82) is 0 Å². The number of ether oxygens (including phenoxy) is 1. The molecule has 1 aromatic rings. The monoisotopic (exact) mass is 397 g/mol. The molecule has 27 heavy (non-hydrogen) atoms. The first-order valence-electron chi connectivity index (χ1n) is 8.18. The number of urea groups is 1. The minimum absolute atomic E-state index is 0.0924. The van der Waals surface area contributed by atoms with Gasteiger partial charge in [-0.25, -0.2) is 13.2 Å². The number of rotatable bonds is 5. The Labute approximate surface area is 155 Å². The summed E-state index contributed by atoms with van der Waals surface area (Å²) >= 11 is 0. The highest BCUT2D eigenvalue weighted by Gasteiger charge is 2.46. The molecule has 3 rings (SSSR count). The van der Waals surface area contributed by atoms with E-state index in [2.05, 4.69) is 10.6 Å². The molecule has 0 radical (unpaired) electrons. The number of carbonyl (C=O) groups excluding carboxylic acids is 2. The number of methoxy groups -OCH3 is 1. The van der Waals surface area contributed by atoms with E-state index in [9.17, 15) is 27.9 Å². The van der Waals surface area contributed by atoms with Crippen LogP contribution in [0.3, 0.4) is 0 Å². The topological polar surface area (TPSA) is 142 Å². The van der Waals surface area contributed by atoms with E-state index < -0.39 is 39.5 Å². The molecule has 146 valence electrons. The summed E-state index contributed by atoms with van der Waals surface area (Å²) in [6, 6.07) is 2.05. The Hall–Kier alpha value is -2.66. The average molecular weight is 397 g/mol. The SMILES string of the molecule is COc1ccc(S(=O)(=O)N2CCCC2C(=O)O)cc1C1(C)NC(=O)NC1=O. The highest BCUT2D eigenvalue weighted by molar-refractivity contribution is 7.89. The number of carboxylic acid groups (broad SMARTS) is 1. The molecule has 3 amide bonds. The minimum Gasteiger partial charge on any atom is -0.496 e. The first kappa shape index (κ1) is 19.1. The number of hydrogen-bond donors (Lipinski definition) is 3. The molecule has 2 saturated heterocycles. The molecule has 0 saturated carbocycles. The summed E-state index contributed by atoms with van der Waals surface area (Å²) in [6.07, 6.45) is 0.670. The molecule has 0 aromatic heterocycles. The van der Waals surface area contributed by atoms with Crippen LogP contribution in [0.2, 0.25) is 0 Å². The molecule has 2 atom stereocenters. The smallest absolute Gasteiger partial charge is 0.322 e. The Kier molecular flexibility index (Phi) is 4.60. The van der Waals surface area contributed by atoms with Crippen LogP contribution >= 0.6 is 0 Å². The Bertz CT molecular complexity index is 930. The fourth-order valence-corrected chi connectivity index (χ4v) is 5.06. The summed E-state index contributed by atoms with van der Waals surface area (Å²) in [5, 5.41) is 13.9. The van der Waals surface area contributed by atoms with Crippen LogP contribution < -0.4 is 15.4 Å². The van der Waals surface area contributed by atoms with E-state index in [0.717, 1.165) is 4.31 Å². The molecular weight excluding hydrogens is 378 g/mol. The van der Waals surface area contributed by atoms with Crippen LogP contribution in [0.25, 0.3) is 0 Å². The highest BCUT2D eigenvalue weighted by Crippen LogP contribution is 2.36. The number of sulfonamides is 1. The third-order valence-electron chi connectivity index (χ3n) is 4.85. The minimum atomic E-state index is -4.12. The molecule has 11 heteroatoms. The standard InChI is InChI=1S/C16H19N3O7S/c1-16(14(22)17-15(23)18-16)10-8-9(5-6-12(10)26-2)27(24,25)19-7-3-4-11(19)13(20)21/h5-6,8,11H,3-4,7H2,1-2H3,(H,20,21)(H2,17,18,22,23). The lowest BCUT2D eigenvalue weighted by molar-refractivity contribution is -0.140. The van der Waals surface area contributed by atoms with Crippen molar-refractivity contribution in [3.63, 3.8) is 0 Å². The molecule has 2 aliphatic rings. The lowest BCUT2D eigenvalue weighted by Gasteiger charge is -2.26. The van der Waals surface area contributed by atoms with Gasteiger partial charge in [-0.2, -0.15) is 4.31 Å². The summed E-state index contributed by atoms with van der Waals surface area (Å²) in [7, 11) is -2.76. The predicted octanol–water partition coefficient (Wildman–Crippen LogP) is -0.0125. The number of hydrogen-bond acceptors (Lipinski definition) is 6. The molecule has 0 bridgehead atoms. The number of nitrogens with one attached hydrogen (secondary N) is 2. The van der Waals surface area contributed by atoms with E-state index >= 15 is 0 Å². The van der Waals surface area contributed by atoms with Gasteiger partial charge >= 0.3 is 12.0 Å². The number of benzene rings is 1. The van der Waals surface area contributed by atoms with Gasteiger partial charge in [0.1, 0.15) is 17.3 Å². The van der Waals surface area contributed by atoms with E-state index in [-0.39, 0.29) is 29.2 Å². The van der Waals surface area contributed by atoms with Crippen molar-refractivity contribution in [2.75, 3.05) is 13.7 Å². The van der Waals surface area contributed by atoms with Crippen LogP contribution in [-0.2, 0) is 25.2 Å². The van der Waals surface area contributed by atoms with Gasteiger partial charge in [0.05, 0.1) is 12.0 Å². The number of imide groups is 1. The third kappa shape index (κ3) is 3.02. The number of nitrogens with zero attached hydrogens (tertiary/aromatic N) is 1. The van der Waals surface area contributed by atoms with Gasteiger partial charge in [-0.3, -0.25) is 14.9 Å². The zero-order valence-corrected chi connectivity index (χ0v) is 15.5. The molecular formula is C16H19N3O7S. The van der Waals surface area contributed by atoms with E-state index in [4.69, 9.17) is 4.74 Å². The Morgan fingerprint density at radius 1 is 1.37 bits per heavy atom. The normalized spacial score (nSPS) is 25.9. The Morgan fingerprint density at radius 2 is 2.07 bits per heavy atom. The van der Waals surface area contributed by atoms with Crippen LogP contribution in [-0.4, -0.2) is 55.4 Å². The van der Waals surface area contributed by atoms with Gasteiger partial charge in [0.25, 0.3) is 5.91 Å². The lowest BCUT2D eigenvalue weighted by Crippen LogP contribution is -2.42. The van der Waals surface area contributed by atoms with Crippen LogP contribution in [0.4, 0.5) is 4.79 Å². The molecule has 10 nitrogen and oxygen atoms in total. The van der Waals surface area contributed by atoms with Crippen LogP contribution in [0.1, 0.15) is 25.3 Å². The maximum Gasteiger partial charge on any atom is 0.322 e. The molecule has 0 spiro atoms. The van der Waals surface area contributed by atoms with Crippen molar-refractivity contribution < 1.29 is 32.6 Å². The second-order valence-electron chi connectivity index (χ2n) is 6.51. The number of carboxylic acids is 1. The molecule has 2 heterocycles. The van der Waals surface area contributed by atoms with Gasteiger partial charge in [0.15, 0.2) is 0 Å². The second kappa shape index (κ2) is 6.50. The summed E-state index contributed by atoms with van der Waals surface area (Å²) in [4.78, 5) is 35.0. The zero-order chi connectivity index (χ0) is 20.0. The number of amides is 3. The van der Waals surface area contributed by atoms with E-state index in [1.165, 1.54) is 32.2 Å². The fraction of sp³-hybridized carbons (Fsp3) is 0.438. The molecule has 3 N–H and O–H groups in total. The predicted molar refractivity (Wildman–Crippen MR) is 91.6 cm³/mol. The van der Waals surface area contributed by atoms with E-state index in [1.807, 2.05) is 0 Å². The van der Waals surface area contributed by atoms with E-state index in [1.54, 1.807) is 0 Å². The number of aliphatic carboxylic acids is 1. The number of carbonyl (C=O) groups is 3. The maximum absolute atomic E-state index is 13.0. The summed E-state index contributed by atoms with van der Waals surface area (Å²) in [5.41, 5.74) is -1.37. The van der Waals surface area contributed by atoms with Crippen LogP contribution in [0.15, 0.2) is 23.1 Å². The van der Waals surface area contributed by atoms with Crippen molar-refractivity contribution in [2.24, 2.45) is 0 Å². The summed E-state index contributed by atoms with van der Waals surface area (Å²) in [6.45, 7) is 1.52. The van der Waals surface area contributed by atoms with Gasteiger partial charge < -0.3 is 15.2 Å². The van der Waals surface area contributed by atoms with Crippen molar-refractivity contribution in [3.05, 3.63) is 23.8 Å². The van der Waals surface area contributed by atoms with Crippen LogP contribution in [0, 0.1) is 0 Å². The van der Waals surface area contributed by atoms with Gasteiger partial charge in [-0.05, 0) is 38.0 Å².